The standard InChI is InChI=1S/C9H16Br2N5O4P/c1-15-8(6-12-9(15)16(17)18)7-20-21(19,13-4-2-10)14-5-3-11/h6H,2-5,7H2,1H3,(H2,13,14,19)/i2D2,3D2,4D2,5D2. The third kappa shape index (κ3) is 5.76. The van der Waals surface area contributed by atoms with Crippen LogP contribution in [0.2, 0.25) is 0 Å². The van der Waals surface area contributed by atoms with Gasteiger partial charge in [-0.2, -0.15) is 0 Å². The lowest BCUT2D eigenvalue weighted by Crippen LogP contribution is -2.27. The fourth-order valence-electron chi connectivity index (χ4n) is 1.18. The highest BCUT2D eigenvalue weighted by Crippen LogP contribution is 2.38. The number of hydrogen-bond acceptors (Lipinski definition) is 5. The molecule has 21 heavy (non-hydrogen) atoms. The average molecular weight is 457 g/mol. The highest BCUT2D eigenvalue weighted by Gasteiger charge is 2.24. The summed E-state index contributed by atoms with van der Waals surface area (Å²) in [6, 6.07) is 0. The summed E-state index contributed by atoms with van der Waals surface area (Å²) in [4.78, 5) is 13.6. The van der Waals surface area contributed by atoms with Crippen LogP contribution in [0.15, 0.2) is 6.20 Å². The summed E-state index contributed by atoms with van der Waals surface area (Å²) >= 11 is 4.85. The minimum atomic E-state index is -4.86. The first-order chi connectivity index (χ1) is 12.7. The van der Waals surface area contributed by atoms with E-state index in [1.165, 1.54) is 7.05 Å². The first-order valence-electron chi connectivity index (χ1n) is 9.09. The molecule has 0 amide bonds. The summed E-state index contributed by atoms with van der Waals surface area (Å²) < 4.78 is 79.6. The summed E-state index contributed by atoms with van der Waals surface area (Å²) in [5.41, 5.74) is 0.00496. The van der Waals surface area contributed by atoms with Crippen molar-refractivity contribution >= 4 is 45.5 Å². The first kappa shape index (κ1) is 9.74. The van der Waals surface area contributed by atoms with Gasteiger partial charge in [0.2, 0.25) is 0 Å². The molecule has 2 N–H and O–H groups in total. The molecule has 1 rings (SSSR count). The van der Waals surface area contributed by atoms with Gasteiger partial charge in [-0.1, -0.05) is 36.8 Å². The van der Waals surface area contributed by atoms with E-state index in [0.29, 0.717) is 0 Å². The van der Waals surface area contributed by atoms with Crippen molar-refractivity contribution in [1.29, 1.82) is 0 Å². The lowest BCUT2D eigenvalue weighted by molar-refractivity contribution is -0.396. The Morgan fingerprint density at radius 3 is 2.52 bits per heavy atom. The van der Waals surface area contributed by atoms with Gasteiger partial charge in [-0.3, -0.25) is 9.09 Å². The molecular weight excluding hydrogens is 433 g/mol. The van der Waals surface area contributed by atoms with E-state index in [1.54, 1.807) is 10.2 Å². The van der Waals surface area contributed by atoms with Crippen LogP contribution in [0.25, 0.3) is 0 Å². The van der Waals surface area contributed by atoms with Crippen LogP contribution in [0.1, 0.15) is 16.7 Å². The van der Waals surface area contributed by atoms with Crippen molar-refractivity contribution in [1.82, 2.24) is 19.7 Å². The SMILES string of the molecule is [2H]C([2H])(Br)C([2H])([2H])NP(=O)(NC([2H])([2H])C([2H])([2H])Br)OCc1cnc([N+](=O)[O-])n1C. The van der Waals surface area contributed by atoms with Crippen molar-refractivity contribution in [2.75, 3.05) is 23.6 Å². The van der Waals surface area contributed by atoms with Gasteiger partial charge in [0.25, 0.3) is 0 Å². The van der Waals surface area contributed by atoms with E-state index in [9.17, 15) is 14.7 Å². The summed E-state index contributed by atoms with van der Waals surface area (Å²) in [7, 11) is -3.60. The van der Waals surface area contributed by atoms with Crippen molar-refractivity contribution in [2.45, 2.75) is 6.61 Å². The van der Waals surface area contributed by atoms with Crippen molar-refractivity contribution < 1.29 is 25.0 Å². The molecule has 0 aliphatic carbocycles. The molecule has 120 valence electrons. The van der Waals surface area contributed by atoms with Crippen molar-refractivity contribution in [3.63, 3.8) is 0 Å². The molecule has 0 aliphatic rings. The van der Waals surface area contributed by atoms with Crippen molar-refractivity contribution in [3.05, 3.63) is 22.0 Å². The van der Waals surface area contributed by atoms with Crippen LogP contribution in [-0.4, -0.2) is 38.0 Å². The maximum absolute atomic E-state index is 13.1. The number of nitrogens with one attached hydrogen (secondary N) is 2. The third-order valence-electron chi connectivity index (χ3n) is 2.12. The second-order valence-electron chi connectivity index (χ2n) is 3.35. The molecule has 0 saturated carbocycles. The number of imidazole rings is 1. The summed E-state index contributed by atoms with van der Waals surface area (Å²) in [6.45, 7) is -6.86. The van der Waals surface area contributed by atoms with Gasteiger partial charge in [-0.25, -0.2) is 14.7 Å². The predicted octanol–water partition coefficient (Wildman–Crippen LogP) is 1.92. The van der Waals surface area contributed by atoms with Gasteiger partial charge in [0.05, 0.1) is 7.05 Å². The molecule has 0 bridgehead atoms. The average Bonchev–Trinajstić information content (AvgIpc) is 2.82. The number of hydrogen-bond donors (Lipinski definition) is 2. The number of rotatable bonds is 10. The summed E-state index contributed by atoms with van der Waals surface area (Å²) in [6.07, 6.45) is 1.01. The van der Waals surface area contributed by atoms with E-state index in [4.69, 9.17) is 15.5 Å². The quantitative estimate of drug-likeness (QED) is 0.239. The Labute approximate surface area is 150 Å². The first-order valence-corrected chi connectivity index (χ1v) is 8.30. The van der Waals surface area contributed by atoms with E-state index < -0.39 is 48.7 Å². The maximum Gasteiger partial charge on any atom is 0.434 e. The highest BCUT2D eigenvalue weighted by atomic mass is 79.9. The van der Waals surface area contributed by atoms with Gasteiger partial charge in [0.1, 0.15) is 18.5 Å². The molecule has 0 atom stereocenters. The maximum atomic E-state index is 13.1. The Morgan fingerprint density at radius 2 is 2.10 bits per heavy atom. The monoisotopic (exact) mass is 455 g/mol. The number of aromatic nitrogens is 2. The van der Waals surface area contributed by atoms with Crippen LogP contribution in [0, 0.1) is 10.1 Å². The number of alkyl halides is 2. The number of halogens is 2. The van der Waals surface area contributed by atoms with Crippen LogP contribution >= 0.6 is 39.5 Å². The van der Waals surface area contributed by atoms with Gasteiger partial charge < -0.3 is 10.1 Å². The Hall–Kier alpha value is -0.320. The summed E-state index contributed by atoms with van der Waals surface area (Å²) in [5, 5.41) is 8.67. The number of nitrogens with zero attached hydrogens (tertiary/aromatic N) is 3. The zero-order valence-electron chi connectivity index (χ0n) is 18.5. The second kappa shape index (κ2) is 8.96. The smallest absolute Gasteiger partial charge is 0.390 e. The van der Waals surface area contributed by atoms with E-state index in [1.807, 2.05) is 0 Å². The van der Waals surface area contributed by atoms with Crippen LogP contribution in [0.3, 0.4) is 0 Å². The Kier molecular flexibility index (Phi) is 4.16. The van der Waals surface area contributed by atoms with E-state index in [2.05, 4.69) is 36.8 Å². The van der Waals surface area contributed by atoms with E-state index >= 15 is 0 Å². The molecular formula is C9H16Br2N5O4P. The Morgan fingerprint density at radius 1 is 1.52 bits per heavy atom. The van der Waals surface area contributed by atoms with Gasteiger partial charge >= 0.3 is 13.6 Å². The molecule has 9 nitrogen and oxygen atoms in total. The molecule has 0 saturated heterocycles. The fraction of sp³-hybridized carbons (Fsp3) is 0.667. The van der Waals surface area contributed by atoms with Crippen molar-refractivity contribution in [3.8, 4) is 0 Å². The van der Waals surface area contributed by atoms with Crippen LogP contribution in [0.5, 0.6) is 0 Å². The van der Waals surface area contributed by atoms with Gasteiger partial charge in [-0.05, 0) is 4.92 Å². The van der Waals surface area contributed by atoms with Gasteiger partial charge in [0, 0.05) is 34.5 Å². The van der Waals surface area contributed by atoms with E-state index in [0.717, 1.165) is 10.8 Å². The Balaban J connectivity index is 3.24. The topological polar surface area (TPSA) is 111 Å². The zero-order chi connectivity index (χ0) is 23.1. The molecule has 0 spiro atoms. The summed E-state index contributed by atoms with van der Waals surface area (Å²) in [5.74, 6) is -0.571. The van der Waals surface area contributed by atoms with Crippen LogP contribution < -0.4 is 10.2 Å². The molecule has 0 fully saturated rings. The van der Waals surface area contributed by atoms with Crippen LogP contribution in [-0.2, 0) is 22.7 Å². The number of nitro groups is 1. The van der Waals surface area contributed by atoms with Gasteiger partial charge in [0.15, 0.2) is 0 Å². The fourth-order valence-corrected chi connectivity index (χ4v) is 2.59. The molecule has 1 aromatic rings. The minimum Gasteiger partial charge on any atom is -0.390 e. The van der Waals surface area contributed by atoms with E-state index in [-0.39, 0.29) is 5.69 Å². The molecule has 1 heterocycles. The molecule has 0 aromatic carbocycles. The molecule has 0 radical (unpaired) electrons. The predicted molar refractivity (Wildman–Crippen MR) is 85.9 cm³/mol. The molecule has 0 unspecified atom stereocenters. The second-order valence-corrected chi connectivity index (χ2v) is 5.95. The van der Waals surface area contributed by atoms with Crippen LogP contribution in [0.4, 0.5) is 5.95 Å². The molecule has 12 heteroatoms. The molecule has 0 aliphatic heterocycles. The third-order valence-corrected chi connectivity index (χ3v) is 3.82. The molecule has 1 aromatic heterocycles. The van der Waals surface area contributed by atoms with Crippen molar-refractivity contribution in [2.24, 2.45) is 7.05 Å². The lowest BCUT2D eigenvalue weighted by Gasteiger charge is -2.19. The zero-order valence-corrected chi connectivity index (χ0v) is 14.5. The van der Waals surface area contributed by atoms with Gasteiger partial charge in [-0.15, -0.1) is 0 Å². The normalized spacial score (nSPS) is 20.1. The lowest BCUT2D eigenvalue weighted by atomic mass is 10.5. The highest BCUT2D eigenvalue weighted by molar-refractivity contribution is 9.09. The largest absolute Gasteiger partial charge is 0.434 e. The Bertz CT molecular complexity index is 782. The minimum absolute atomic E-state index is 0.00496.